The van der Waals surface area contributed by atoms with Gasteiger partial charge in [0.25, 0.3) is 5.91 Å². The van der Waals surface area contributed by atoms with E-state index in [4.69, 9.17) is 16.7 Å². The van der Waals surface area contributed by atoms with Crippen LogP contribution in [0.15, 0.2) is 42.6 Å². The summed E-state index contributed by atoms with van der Waals surface area (Å²) in [5, 5.41) is 4.98. The fourth-order valence-corrected chi connectivity index (χ4v) is 5.23. The first-order chi connectivity index (χ1) is 18.0. The molecule has 1 saturated heterocycles. The number of unbranched alkanes of at least 4 members (excludes halogenated alkanes) is 1. The van der Waals surface area contributed by atoms with Gasteiger partial charge in [-0.3, -0.25) is 9.69 Å². The monoisotopic (exact) mass is 522 g/mol. The largest absolute Gasteiger partial charge is 0.339 e. The lowest BCUT2D eigenvalue weighted by Gasteiger charge is -2.24. The summed E-state index contributed by atoms with van der Waals surface area (Å²) < 4.78 is 1.92. The van der Waals surface area contributed by atoms with Gasteiger partial charge in [0.1, 0.15) is 5.69 Å². The number of carbonyl (C=O) groups is 1. The summed E-state index contributed by atoms with van der Waals surface area (Å²) in [7, 11) is 0. The molecule has 4 rings (SSSR count). The van der Waals surface area contributed by atoms with E-state index in [0.717, 1.165) is 73.2 Å². The van der Waals surface area contributed by atoms with E-state index in [1.165, 1.54) is 32.4 Å². The molecule has 2 aromatic rings. The Balaban J connectivity index is 1.67. The Morgan fingerprint density at radius 1 is 1.24 bits per heavy atom. The van der Waals surface area contributed by atoms with Crippen molar-refractivity contribution in [1.82, 2.24) is 19.4 Å². The maximum atomic E-state index is 13.6. The second kappa shape index (κ2) is 13.4. The summed E-state index contributed by atoms with van der Waals surface area (Å²) in [6, 6.07) is 3.95. The summed E-state index contributed by atoms with van der Waals surface area (Å²) in [6.45, 7) is 11.5. The van der Waals surface area contributed by atoms with Gasteiger partial charge >= 0.3 is 0 Å². The number of aromatic nitrogens is 2. The number of likely N-dealkylation sites (tertiary alicyclic amines) is 1. The lowest BCUT2D eigenvalue weighted by Crippen LogP contribution is -2.33. The number of pyridine rings is 1. The topological polar surface area (TPSA) is 40.9 Å². The Morgan fingerprint density at radius 2 is 2.05 bits per heavy atom. The molecule has 1 aliphatic heterocycles. The molecule has 1 unspecified atom stereocenters. The second-order valence-electron chi connectivity index (χ2n) is 10.9. The van der Waals surface area contributed by atoms with Crippen LogP contribution in [0.1, 0.15) is 87.3 Å². The van der Waals surface area contributed by atoms with Gasteiger partial charge in [0.2, 0.25) is 0 Å². The van der Waals surface area contributed by atoms with E-state index in [1.54, 1.807) is 0 Å². The highest BCUT2D eigenvalue weighted by molar-refractivity contribution is 6.22. The van der Waals surface area contributed by atoms with Crippen molar-refractivity contribution in [2.24, 2.45) is 5.92 Å². The average molecular weight is 523 g/mol. The molecule has 0 bridgehead atoms. The van der Waals surface area contributed by atoms with Crippen LogP contribution in [0.5, 0.6) is 0 Å². The molecule has 1 amide bonds. The number of hydrogen-bond donors (Lipinski definition) is 0. The van der Waals surface area contributed by atoms with Crippen LogP contribution in [0, 0.1) is 5.92 Å². The van der Waals surface area contributed by atoms with Crippen LogP contribution in [0.4, 0.5) is 0 Å². The number of amides is 1. The lowest BCUT2D eigenvalue weighted by molar-refractivity contribution is 0.0746. The highest BCUT2D eigenvalue weighted by atomic mass is 35.5. The molecule has 1 aliphatic carbocycles. The number of piperidine rings is 1. The molecule has 6 heteroatoms. The average Bonchev–Trinajstić information content (AvgIpc) is 3.27. The van der Waals surface area contributed by atoms with E-state index >= 15 is 0 Å². The highest BCUT2D eigenvalue weighted by Gasteiger charge is 2.20. The molecule has 0 aromatic carbocycles. The lowest BCUT2D eigenvalue weighted by atomic mass is 10.00. The first kappa shape index (κ1) is 27.7. The maximum Gasteiger partial charge on any atom is 0.253 e. The van der Waals surface area contributed by atoms with Crippen LogP contribution in [0.3, 0.4) is 0 Å². The number of halogens is 1. The smallest absolute Gasteiger partial charge is 0.253 e. The molecule has 200 valence electrons. The van der Waals surface area contributed by atoms with Crippen molar-refractivity contribution in [3.63, 3.8) is 0 Å². The summed E-state index contributed by atoms with van der Waals surface area (Å²) in [5.41, 5.74) is 4.81. The maximum absolute atomic E-state index is 13.6. The molecule has 0 spiro atoms. The Labute approximate surface area is 227 Å². The number of nitrogens with zero attached hydrogens (tertiary/aromatic N) is 4. The van der Waals surface area contributed by atoms with Gasteiger partial charge in [-0.15, -0.1) is 11.6 Å². The minimum atomic E-state index is 0.0306. The predicted octanol–water partition coefficient (Wildman–Crippen LogP) is 7.07. The van der Waals surface area contributed by atoms with E-state index in [9.17, 15) is 4.79 Å². The molecule has 1 atom stereocenters. The minimum absolute atomic E-state index is 0.0306. The third-order valence-corrected chi connectivity index (χ3v) is 7.71. The zero-order valence-electron chi connectivity index (χ0n) is 22.8. The first-order valence-electron chi connectivity index (χ1n) is 14.2. The van der Waals surface area contributed by atoms with Crippen molar-refractivity contribution >= 4 is 34.7 Å². The van der Waals surface area contributed by atoms with Crippen LogP contribution < -0.4 is 0 Å². The van der Waals surface area contributed by atoms with Gasteiger partial charge in [0, 0.05) is 37.0 Å². The zero-order valence-corrected chi connectivity index (χ0v) is 23.6. The van der Waals surface area contributed by atoms with Crippen molar-refractivity contribution in [1.29, 1.82) is 0 Å². The Hall–Kier alpha value is -2.37. The zero-order chi connectivity index (χ0) is 26.2. The van der Waals surface area contributed by atoms with E-state index < -0.39 is 0 Å². The predicted molar refractivity (Wildman–Crippen MR) is 156 cm³/mol. The SMILES string of the molecule is CCCCN(CCC(C)C)C(=O)c1ccn2nc(C3=CCC(Cl)C=C3)c(C=CCN3CCCCC3)c2c1. The molecule has 2 aromatic heterocycles. The summed E-state index contributed by atoms with van der Waals surface area (Å²) in [6.07, 6.45) is 20.5. The number of rotatable bonds is 11. The molecular formula is C31H43ClN4O. The highest BCUT2D eigenvalue weighted by Crippen LogP contribution is 2.29. The van der Waals surface area contributed by atoms with Crippen molar-refractivity contribution in [3.8, 4) is 0 Å². The van der Waals surface area contributed by atoms with Gasteiger partial charge in [-0.2, -0.15) is 5.10 Å². The quantitative estimate of drug-likeness (QED) is 0.296. The minimum Gasteiger partial charge on any atom is -0.339 e. The van der Waals surface area contributed by atoms with Crippen LogP contribution in [-0.2, 0) is 0 Å². The normalized spacial score (nSPS) is 18.7. The fraction of sp³-hybridized carbons (Fsp3) is 0.548. The van der Waals surface area contributed by atoms with Gasteiger partial charge in [-0.05, 0) is 68.8 Å². The van der Waals surface area contributed by atoms with Gasteiger partial charge < -0.3 is 4.90 Å². The van der Waals surface area contributed by atoms with E-state index in [0.29, 0.717) is 5.92 Å². The molecular weight excluding hydrogens is 480 g/mol. The molecule has 1 fully saturated rings. The fourth-order valence-electron chi connectivity index (χ4n) is 5.07. The molecule has 37 heavy (non-hydrogen) atoms. The van der Waals surface area contributed by atoms with Gasteiger partial charge in [-0.1, -0.05) is 64.0 Å². The van der Waals surface area contributed by atoms with Gasteiger partial charge in [0.15, 0.2) is 0 Å². The second-order valence-corrected chi connectivity index (χ2v) is 11.4. The van der Waals surface area contributed by atoms with Gasteiger partial charge in [0.05, 0.1) is 10.9 Å². The van der Waals surface area contributed by atoms with Crippen molar-refractivity contribution in [2.75, 3.05) is 32.7 Å². The first-order valence-corrected chi connectivity index (χ1v) is 14.6. The van der Waals surface area contributed by atoms with Gasteiger partial charge in [-0.25, -0.2) is 4.52 Å². The number of fused-ring (bicyclic) bond motifs is 1. The molecule has 0 radical (unpaired) electrons. The van der Waals surface area contributed by atoms with E-state index in [2.05, 4.69) is 50.0 Å². The number of hydrogen-bond acceptors (Lipinski definition) is 3. The molecule has 0 saturated carbocycles. The van der Waals surface area contributed by atoms with E-state index in [1.807, 2.05) is 33.8 Å². The number of carbonyl (C=O) groups excluding carboxylic acids is 1. The summed E-state index contributed by atoms with van der Waals surface area (Å²) in [5.74, 6) is 0.683. The standard InChI is InChI=1S/C31H43ClN4O/c1-4-5-20-35(21-15-24(2)3)31(37)26-16-22-36-29(23-26)28(10-9-19-34-17-7-6-8-18-34)30(33-36)25-11-13-27(32)14-12-25/h9-13,16,22-24,27H,4-8,14-15,17-21H2,1-3H3. The Bertz CT molecular complexity index is 1140. The Morgan fingerprint density at radius 3 is 2.76 bits per heavy atom. The van der Waals surface area contributed by atoms with Crippen molar-refractivity contribution < 1.29 is 4.79 Å². The third kappa shape index (κ3) is 7.36. The number of alkyl halides is 1. The molecule has 5 nitrogen and oxygen atoms in total. The van der Waals surface area contributed by atoms with Crippen LogP contribution in [0.2, 0.25) is 0 Å². The summed E-state index contributed by atoms with van der Waals surface area (Å²) in [4.78, 5) is 18.2. The summed E-state index contributed by atoms with van der Waals surface area (Å²) >= 11 is 6.31. The van der Waals surface area contributed by atoms with E-state index in [-0.39, 0.29) is 11.3 Å². The van der Waals surface area contributed by atoms with Crippen LogP contribution >= 0.6 is 11.6 Å². The van der Waals surface area contributed by atoms with Crippen molar-refractivity contribution in [2.45, 2.75) is 71.1 Å². The Kier molecular flexibility index (Phi) is 10.0. The number of allylic oxidation sites excluding steroid dienone is 4. The van der Waals surface area contributed by atoms with Crippen molar-refractivity contribution in [3.05, 3.63) is 59.5 Å². The van der Waals surface area contributed by atoms with Crippen LogP contribution in [0.25, 0.3) is 17.2 Å². The molecule has 3 heterocycles. The molecule has 0 N–H and O–H groups in total. The molecule has 2 aliphatic rings. The van der Waals surface area contributed by atoms with Crippen LogP contribution in [-0.4, -0.2) is 63.4 Å². The third-order valence-electron chi connectivity index (χ3n) is 7.38.